The average molecular weight is 289 g/mol. The molecule has 1 atom stereocenters. The minimum absolute atomic E-state index is 0.322. The van der Waals surface area contributed by atoms with Crippen molar-refractivity contribution in [2.24, 2.45) is 0 Å². The van der Waals surface area contributed by atoms with E-state index in [1.165, 1.54) is 27.4 Å². The molecule has 1 N–H and O–H groups in total. The Labute approximate surface area is 117 Å². The molecule has 0 aliphatic rings. The van der Waals surface area contributed by atoms with Crippen LogP contribution in [0.3, 0.4) is 0 Å². The fourth-order valence-electron chi connectivity index (χ4n) is 1.85. The molecule has 0 heterocycles. The van der Waals surface area contributed by atoms with Crippen molar-refractivity contribution in [3.05, 3.63) is 22.2 Å². The number of methoxy groups -OCH3 is 3. The standard InChI is InChI=1S/C13H17ClO5/c1-5-7-8(11(15)13(16)19-4)6-9(17-2)12(18-3)10(7)14/h6,11,15H,5H2,1-4H3. The van der Waals surface area contributed by atoms with Crippen LogP contribution >= 0.6 is 11.6 Å². The topological polar surface area (TPSA) is 65.0 Å². The number of hydrogen-bond acceptors (Lipinski definition) is 5. The van der Waals surface area contributed by atoms with Crippen LogP contribution in [0.1, 0.15) is 24.2 Å². The second kappa shape index (κ2) is 6.63. The Balaban J connectivity index is 3.46. The van der Waals surface area contributed by atoms with E-state index in [0.717, 1.165) is 0 Å². The van der Waals surface area contributed by atoms with Gasteiger partial charge in [-0.05, 0) is 18.1 Å². The number of benzene rings is 1. The molecule has 0 aromatic heterocycles. The van der Waals surface area contributed by atoms with Gasteiger partial charge in [-0.2, -0.15) is 0 Å². The molecular formula is C13H17ClO5. The van der Waals surface area contributed by atoms with Gasteiger partial charge in [-0.25, -0.2) is 4.79 Å². The maximum atomic E-state index is 11.5. The van der Waals surface area contributed by atoms with Gasteiger partial charge in [-0.15, -0.1) is 0 Å². The minimum atomic E-state index is -1.41. The van der Waals surface area contributed by atoms with Crippen LogP contribution in [0.2, 0.25) is 5.02 Å². The number of hydrogen-bond donors (Lipinski definition) is 1. The summed E-state index contributed by atoms with van der Waals surface area (Å²) in [6, 6.07) is 1.53. The van der Waals surface area contributed by atoms with Crippen molar-refractivity contribution >= 4 is 17.6 Å². The molecule has 0 saturated heterocycles. The molecular weight excluding hydrogens is 272 g/mol. The Morgan fingerprint density at radius 3 is 2.42 bits per heavy atom. The second-order valence-electron chi connectivity index (χ2n) is 3.77. The van der Waals surface area contributed by atoms with Gasteiger partial charge < -0.3 is 19.3 Å². The Morgan fingerprint density at radius 2 is 2.00 bits per heavy atom. The number of rotatable bonds is 5. The summed E-state index contributed by atoms with van der Waals surface area (Å²) in [7, 11) is 4.13. The number of ether oxygens (including phenoxy) is 3. The molecule has 0 radical (unpaired) electrons. The van der Waals surface area contributed by atoms with Crippen molar-refractivity contribution in [1.29, 1.82) is 0 Å². The minimum Gasteiger partial charge on any atom is -0.493 e. The van der Waals surface area contributed by atoms with Crippen molar-refractivity contribution < 1.29 is 24.1 Å². The molecule has 106 valence electrons. The molecule has 0 amide bonds. The van der Waals surface area contributed by atoms with Gasteiger partial charge in [0.2, 0.25) is 0 Å². The van der Waals surface area contributed by atoms with Crippen molar-refractivity contribution in [2.75, 3.05) is 21.3 Å². The van der Waals surface area contributed by atoms with Crippen molar-refractivity contribution in [2.45, 2.75) is 19.4 Å². The van der Waals surface area contributed by atoms with Crippen LogP contribution in [0, 0.1) is 0 Å². The van der Waals surface area contributed by atoms with Crippen LogP contribution in [0.5, 0.6) is 11.5 Å². The normalized spacial score (nSPS) is 11.9. The Bertz CT molecular complexity index is 473. The largest absolute Gasteiger partial charge is 0.493 e. The number of halogens is 1. The first-order valence-corrected chi connectivity index (χ1v) is 6.08. The second-order valence-corrected chi connectivity index (χ2v) is 4.15. The fraction of sp³-hybridized carbons (Fsp3) is 0.462. The molecule has 1 aromatic rings. The van der Waals surface area contributed by atoms with Gasteiger partial charge in [-0.1, -0.05) is 18.5 Å². The molecule has 1 rings (SSSR count). The van der Waals surface area contributed by atoms with E-state index in [4.69, 9.17) is 21.1 Å². The maximum Gasteiger partial charge on any atom is 0.339 e. The Morgan fingerprint density at radius 1 is 1.37 bits per heavy atom. The molecule has 0 saturated carbocycles. The van der Waals surface area contributed by atoms with E-state index in [9.17, 15) is 9.90 Å². The van der Waals surface area contributed by atoms with Crippen molar-refractivity contribution in [3.8, 4) is 11.5 Å². The van der Waals surface area contributed by atoms with Crippen LogP contribution in [0.15, 0.2) is 6.07 Å². The molecule has 0 spiro atoms. The third kappa shape index (κ3) is 2.93. The van der Waals surface area contributed by atoms with Crippen molar-refractivity contribution in [1.82, 2.24) is 0 Å². The van der Waals surface area contributed by atoms with E-state index >= 15 is 0 Å². The average Bonchev–Trinajstić information content (AvgIpc) is 2.44. The van der Waals surface area contributed by atoms with Gasteiger partial charge in [0.1, 0.15) is 0 Å². The lowest BCUT2D eigenvalue weighted by Crippen LogP contribution is -2.16. The van der Waals surface area contributed by atoms with E-state index in [2.05, 4.69) is 4.74 Å². The van der Waals surface area contributed by atoms with E-state index in [-0.39, 0.29) is 0 Å². The molecule has 0 fully saturated rings. The van der Waals surface area contributed by atoms with E-state index in [0.29, 0.717) is 34.1 Å². The maximum absolute atomic E-state index is 11.5. The zero-order valence-electron chi connectivity index (χ0n) is 11.3. The van der Waals surface area contributed by atoms with Crippen LogP contribution in [0.4, 0.5) is 0 Å². The summed E-state index contributed by atoms with van der Waals surface area (Å²) < 4.78 is 14.9. The molecule has 5 nitrogen and oxygen atoms in total. The van der Waals surface area contributed by atoms with Gasteiger partial charge in [-0.3, -0.25) is 0 Å². The zero-order chi connectivity index (χ0) is 14.6. The number of aliphatic hydroxyl groups excluding tert-OH is 1. The first-order valence-electron chi connectivity index (χ1n) is 5.70. The van der Waals surface area contributed by atoms with Gasteiger partial charge >= 0.3 is 5.97 Å². The predicted octanol–water partition coefficient (Wildman–Crippen LogP) is 2.13. The van der Waals surface area contributed by atoms with E-state index in [1.54, 1.807) is 0 Å². The third-order valence-electron chi connectivity index (χ3n) is 2.82. The number of carbonyl (C=O) groups is 1. The van der Waals surface area contributed by atoms with Crippen LogP contribution in [0.25, 0.3) is 0 Å². The molecule has 0 aliphatic heterocycles. The summed E-state index contributed by atoms with van der Waals surface area (Å²) in [6.45, 7) is 1.86. The highest BCUT2D eigenvalue weighted by molar-refractivity contribution is 6.33. The summed E-state index contributed by atoms with van der Waals surface area (Å²) >= 11 is 6.22. The molecule has 0 bridgehead atoms. The molecule has 1 aromatic carbocycles. The smallest absolute Gasteiger partial charge is 0.339 e. The van der Waals surface area contributed by atoms with Gasteiger partial charge in [0, 0.05) is 5.56 Å². The van der Waals surface area contributed by atoms with Crippen LogP contribution in [-0.2, 0) is 16.0 Å². The Hall–Kier alpha value is -1.46. The fourth-order valence-corrected chi connectivity index (χ4v) is 2.26. The summed E-state index contributed by atoms with van der Waals surface area (Å²) in [6.07, 6.45) is -0.875. The number of carbonyl (C=O) groups excluding carboxylic acids is 1. The van der Waals surface area contributed by atoms with E-state index < -0.39 is 12.1 Å². The first-order chi connectivity index (χ1) is 9.01. The molecule has 19 heavy (non-hydrogen) atoms. The highest BCUT2D eigenvalue weighted by Gasteiger charge is 2.26. The number of aliphatic hydroxyl groups is 1. The van der Waals surface area contributed by atoms with Crippen LogP contribution in [-0.4, -0.2) is 32.4 Å². The SMILES string of the molecule is CCc1c(C(O)C(=O)OC)cc(OC)c(OC)c1Cl. The van der Waals surface area contributed by atoms with Crippen molar-refractivity contribution in [3.63, 3.8) is 0 Å². The summed E-state index contributed by atoms with van der Waals surface area (Å²) in [5.41, 5.74) is 0.981. The summed E-state index contributed by atoms with van der Waals surface area (Å²) in [5, 5.41) is 10.3. The highest BCUT2D eigenvalue weighted by atomic mass is 35.5. The van der Waals surface area contributed by atoms with Crippen LogP contribution < -0.4 is 9.47 Å². The monoisotopic (exact) mass is 288 g/mol. The molecule has 6 heteroatoms. The summed E-state index contributed by atoms with van der Waals surface area (Å²) in [5.74, 6) is -0.0255. The quantitative estimate of drug-likeness (QED) is 0.841. The zero-order valence-corrected chi connectivity index (χ0v) is 12.1. The molecule has 0 aliphatic carbocycles. The lowest BCUT2D eigenvalue weighted by Gasteiger charge is -2.19. The number of esters is 1. The first kappa shape index (κ1) is 15.6. The Kier molecular flexibility index (Phi) is 5.44. The lowest BCUT2D eigenvalue weighted by atomic mass is 9.99. The van der Waals surface area contributed by atoms with Gasteiger partial charge in [0.25, 0.3) is 0 Å². The predicted molar refractivity (Wildman–Crippen MR) is 70.9 cm³/mol. The molecule has 1 unspecified atom stereocenters. The third-order valence-corrected chi connectivity index (χ3v) is 3.22. The highest BCUT2D eigenvalue weighted by Crippen LogP contribution is 2.41. The van der Waals surface area contributed by atoms with Gasteiger partial charge in [0.15, 0.2) is 17.6 Å². The lowest BCUT2D eigenvalue weighted by molar-refractivity contribution is -0.150. The summed E-state index contributed by atoms with van der Waals surface area (Å²) in [4.78, 5) is 11.5. The van der Waals surface area contributed by atoms with Gasteiger partial charge in [0.05, 0.1) is 26.4 Å². The van der Waals surface area contributed by atoms with E-state index in [1.807, 2.05) is 6.92 Å².